The number of rotatable bonds is 2. The van der Waals surface area contributed by atoms with Crippen LogP contribution >= 0.6 is 0 Å². The summed E-state index contributed by atoms with van der Waals surface area (Å²) in [6, 6.07) is 0. The minimum absolute atomic E-state index is 0.188. The summed E-state index contributed by atoms with van der Waals surface area (Å²) in [6.07, 6.45) is 3.82. The van der Waals surface area contributed by atoms with Gasteiger partial charge in [-0.3, -0.25) is 9.69 Å². The highest BCUT2D eigenvalue weighted by Gasteiger charge is 2.11. The van der Waals surface area contributed by atoms with E-state index in [1.54, 1.807) is 0 Å². The average Bonchev–Trinajstić information content (AvgIpc) is 2.33. The maximum atomic E-state index is 10.6. The van der Waals surface area contributed by atoms with Gasteiger partial charge < -0.3 is 10.0 Å². The molecule has 0 amide bonds. The molecule has 0 atom stereocenters. The van der Waals surface area contributed by atoms with Gasteiger partial charge in [-0.05, 0) is 33.0 Å². The summed E-state index contributed by atoms with van der Waals surface area (Å²) >= 11 is 0. The van der Waals surface area contributed by atoms with E-state index in [1.807, 2.05) is 4.90 Å². The van der Waals surface area contributed by atoms with Crippen LogP contribution in [0.4, 0.5) is 0 Å². The largest absolute Gasteiger partial charge is 0.480 e. The van der Waals surface area contributed by atoms with Crippen LogP contribution in [0.2, 0.25) is 0 Å². The first-order valence-electron chi connectivity index (χ1n) is 5.72. The zero-order valence-electron chi connectivity index (χ0n) is 10.2. The van der Waals surface area contributed by atoms with Crippen LogP contribution in [-0.2, 0) is 14.4 Å². The number of hydrogen-bond donors (Lipinski definition) is 1. The number of nitrogens with zero attached hydrogens (tertiary/aromatic N) is 2. The Labute approximate surface area is 101 Å². The van der Waals surface area contributed by atoms with E-state index in [2.05, 4.69) is 11.9 Å². The SMILES string of the molecule is CN1CCCCCN(CC(=O)O)CC1.O=C=O. The highest BCUT2D eigenvalue weighted by atomic mass is 16.4. The number of carbonyl (C=O) groups excluding carboxylic acids is 2. The summed E-state index contributed by atoms with van der Waals surface area (Å²) in [7, 11) is 2.10. The molecule has 1 N–H and O–H groups in total. The molecule has 0 saturated carbocycles. The quantitative estimate of drug-likeness (QED) is 0.731. The molecule has 1 heterocycles. The molecular weight excluding hydrogens is 224 g/mol. The normalized spacial score (nSPS) is 18.9. The van der Waals surface area contributed by atoms with Crippen LogP contribution in [0.15, 0.2) is 0 Å². The van der Waals surface area contributed by atoms with Gasteiger partial charge in [0, 0.05) is 13.1 Å². The molecule has 1 aliphatic heterocycles. The predicted molar refractivity (Wildman–Crippen MR) is 60.4 cm³/mol. The fraction of sp³-hybridized carbons (Fsp3) is 0.818. The zero-order valence-corrected chi connectivity index (χ0v) is 10.2. The third-order valence-electron chi connectivity index (χ3n) is 2.67. The van der Waals surface area contributed by atoms with Crippen molar-refractivity contribution in [2.24, 2.45) is 0 Å². The zero-order chi connectivity index (χ0) is 13.1. The lowest BCUT2D eigenvalue weighted by atomic mass is 10.2. The van der Waals surface area contributed by atoms with Gasteiger partial charge in [-0.25, -0.2) is 0 Å². The van der Waals surface area contributed by atoms with Crippen LogP contribution in [0.3, 0.4) is 0 Å². The van der Waals surface area contributed by atoms with E-state index < -0.39 is 5.97 Å². The van der Waals surface area contributed by atoms with E-state index >= 15 is 0 Å². The van der Waals surface area contributed by atoms with Gasteiger partial charge in [0.25, 0.3) is 0 Å². The summed E-state index contributed by atoms with van der Waals surface area (Å²) in [4.78, 5) is 31.1. The Kier molecular flexibility index (Phi) is 9.24. The monoisotopic (exact) mass is 244 g/mol. The molecule has 0 aromatic rings. The number of aliphatic carboxylic acids is 1. The summed E-state index contributed by atoms with van der Waals surface area (Å²) in [5.74, 6) is -0.716. The molecule has 1 fully saturated rings. The molecule has 98 valence electrons. The summed E-state index contributed by atoms with van der Waals surface area (Å²) in [5, 5.41) is 8.71. The van der Waals surface area contributed by atoms with Gasteiger partial charge in [0.2, 0.25) is 0 Å². The van der Waals surface area contributed by atoms with Crippen molar-refractivity contribution in [2.75, 3.05) is 39.8 Å². The summed E-state index contributed by atoms with van der Waals surface area (Å²) < 4.78 is 0. The van der Waals surface area contributed by atoms with E-state index in [-0.39, 0.29) is 12.7 Å². The van der Waals surface area contributed by atoms with E-state index in [1.165, 1.54) is 12.8 Å². The van der Waals surface area contributed by atoms with Crippen molar-refractivity contribution in [1.82, 2.24) is 9.80 Å². The second-order valence-electron chi connectivity index (χ2n) is 4.12. The van der Waals surface area contributed by atoms with Gasteiger partial charge in [-0.1, -0.05) is 6.42 Å². The maximum Gasteiger partial charge on any atom is 0.373 e. The Morgan fingerprint density at radius 3 is 2.29 bits per heavy atom. The first kappa shape index (κ1) is 15.8. The van der Waals surface area contributed by atoms with Gasteiger partial charge in [0.1, 0.15) is 0 Å². The van der Waals surface area contributed by atoms with Gasteiger partial charge >= 0.3 is 12.1 Å². The van der Waals surface area contributed by atoms with Crippen LogP contribution in [0, 0.1) is 0 Å². The minimum Gasteiger partial charge on any atom is -0.480 e. The third kappa shape index (κ3) is 9.68. The van der Waals surface area contributed by atoms with Gasteiger partial charge in [0.05, 0.1) is 6.54 Å². The van der Waals surface area contributed by atoms with E-state index in [0.717, 1.165) is 32.6 Å². The molecular formula is C11H20N2O4. The lowest BCUT2D eigenvalue weighted by molar-refractivity contribution is -0.191. The van der Waals surface area contributed by atoms with E-state index in [0.29, 0.717) is 0 Å². The summed E-state index contributed by atoms with van der Waals surface area (Å²) in [6.45, 7) is 4.12. The molecule has 1 rings (SSSR count). The Hall–Kier alpha value is -1.23. The molecule has 0 aromatic heterocycles. The maximum absolute atomic E-state index is 10.6. The van der Waals surface area contributed by atoms with Gasteiger partial charge in [-0.2, -0.15) is 9.59 Å². The molecule has 0 spiro atoms. The first-order chi connectivity index (χ1) is 8.10. The van der Waals surface area contributed by atoms with Crippen molar-refractivity contribution < 1.29 is 19.5 Å². The molecule has 0 unspecified atom stereocenters. The molecule has 1 aliphatic rings. The van der Waals surface area contributed by atoms with Crippen LogP contribution in [0.25, 0.3) is 0 Å². The highest BCUT2D eigenvalue weighted by molar-refractivity contribution is 5.69. The van der Waals surface area contributed by atoms with Crippen molar-refractivity contribution in [3.8, 4) is 0 Å². The fourth-order valence-electron chi connectivity index (χ4n) is 1.78. The van der Waals surface area contributed by atoms with Crippen LogP contribution in [-0.4, -0.2) is 66.8 Å². The molecule has 1 saturated heterocycles. The van der Waals surface area contributed by atoms with Crippen molar-refractivity contribution in [3.63, 3.8) is 0 Å². The molecule has 6 nitrogen and oxygen atoms in total. The van der Waals surface area contributed by atoms with Crippen LogP contribution in [0.5, 0.6) is 0 Å². The van der Waals surface area contributed by atoms with Crippen molar-refractivity contribution in [2.45, 2.75) is 19.3 Å². The molecule has 0 aliphatic carbocycles. The highest BCUT2D eigenvalue weighted by Crippen LogP contribution is 2.03. The molecule has 6 heteroatoms. The van der Waals surface area contributed by atoms with Crippen molar-refractivity contribution >= 4 is 12.1 Å². The Balaban J connectivity index is 0.000000770. The molecule has 17 heavy (non-hydrogen) atoms. The lowest BCUT2D eigenvalue weighted by Gasteiger charge is -2.21. The summed E-state index contributed by atoms with van der Waals surface area (Å²) in [5.41, 5.74) is 0. The second-order valence-corrected chi connectivity index (χ2v) is 4.12. The third-order valence-corrected chi connectivity index (χ3v) is 2.67. The van der Waals surface area contributed by atoms with Gasteiger partial charge in [-0.15, -0.1) is 0 Å². The molecule has 0 radical (unpaired) electrons. The molecule has 0 bridgehead atoms. The fourth-order valence-corrected chi connectivity index (χ4v) is 1.78. The van der Waals surface area contributed by atoms with Crippen LogP contribution < -0.4 is 0 Å². The number of carboxylic acids is 1. The Morgan fingerprint density at radius 1 is 1.12 bits per heavy atom. The standard InChI is InChI=1S/C10H20N2O2.CO2/c1-11-5-3-2-4-6-12(8-7-11)9-10(13)14;2-1-3/h2-9H2,1H3,(H,13,14);. The number of likely N-dealkylation sites (N-methyl/N-ethyl adjacent to an activating group) is 1. The Morgan fingerprint density at radius 2 is 1.71 bits per heavy atom. The van der Waals surface area contributed by atoms with E-state index in [4.69, 9.17) is 14.7 Å². The van der Waals surface area contributed by atoms with Crippen molar-refractivity contribution in [3.05, 3.63) is 0 Å². The lowest BCUT2D eigenvalue weighted by Crippen LogP contribution is -2.36. The topological polar surface area (TPSA) is 77.9 Å². The number of carboxylic acid groups (broad SMARTS) is 1. The van der Waals surface area contributed by atoms with Crippen molar-refractivity contribution in [1.29, 1.82) is 0 Å². The van der Waals surface area contributed by atoms with Gasteiger partial charge in [0.15, 0.2) is 0 Å². The Bertz CT molecular complexity index is 252. The number of hydrogen-bond acceptors (Lipinski definition) is 5. The minimum atomic E-state index is -0.716. The number of carbonyl (C=O) groups is 1. The predicted octanol–water partition coefficient (Wildman–Crippen LogP) is -0.0948. The smallest absolute Gasteiger partial charge is 0.373 e. The first-order valence-corrected chi connectivity index (χ1v) is 5.72. The molecule has 0 aromatic carbocycles. The van der Waals surface area contributed by atoms with E-state index in [9.17, 15) is 4.79 Å². The van der Waals surface area contributed by atoms with Crippen LogP contribution in [0.1, 0.15) is 19.3 Å². The second kappa shape index (κ2) is 9.96. The average molecular weight is 244 g/mol.